The number of thiazole rings is 1. The summed E-state index contributed by atoms with van der Waals surface area (Å²) in [6.07, 6.45) is 0. The Morgan fingerprint density at radius 3 is 2.90 bits per heavy atom. The maximum atomic E-state index is 13.0. The predicted octanol–water partition coefficient (Wildman–Crippen LogP) is 3.92. The smallest absolute Gasteiger partial charge is 0.131 e. The van der Waals surface area contributed by atoms with Crippen molar-refractivity contribution in [2.75, 3.05) is 6.54 Å². The van der Waals surface area contributed by atoms with Crippen LogP contribution in [0.1, 0.15) is 30.1 Å². The Bertz CT molecular complexity index is 583. The summed E-state index contributed by atoms with van der Waals surface area (Å²) in [6.45, 7) is 8.38. The molecule has 1 heterocycles. The average molecular weight is 308 g/mol. The van der Waals surface area contributed by atoms with Gasteiger partial charge in [0.25, 0.3) is 0 Å². The van der Waals surface area contributed by atoms with Gasteiger partial charge in [-0.1, -0.05) is 13.8 Å². The summed E-state index contributed by atoms with van der Waals surface area (Å²) in [7, 11) is 0. The highest BCUT2D eigenvalue weighted by Crippen LogP contribution is 2.20. The minimum absolute atomic E-state index is 0.243. The molecule has 0 aliphatic rings. The lowest BCUT2D eigenvalue weighted by molar-refractivity contribution is 0.299. The number of halogens is 1. The average Bonchev–Trinajstić information content (AvgIpc) is 2.85. The van der Waals surface area contributed by atoms with E-state index in [0.717, 1.165) is 29.4 Å². The maximum absolute atomic E-state index is 13.0. The first-order valence-electron chi connectivity index (χ1n) is 7.07. The standard InChI is InChI=1S/C16H21FN2OS/c1-11(2)7-18-8-16-19-14(10-21-16)9-20-15-5-4-13(17)6-12(15)3/h4-6,10-11,18H,7-9H2,1-3H3. The normalized spacial score (nSPS) is 11.1. The minimum atomic E-state index is -0.243. The fraction of sp³-hybridized carbons (Fsp3) is 0.438. The van der Waals surface area contributed by atoms with Crippen LogP contribution in [0.2, 0.25) is 0 Å². The van der Waals surface area contributed by atoms with Gasteiger partial charge in [-0.3, -0.25) is 0 Å². The Labute approximate surface area is 129 Å². The van der Waals surface area contributed by atoms with E-state index < -0.39 is 0 Å². The van der Waals surface area contributed by atoms with E-state index in [9.17, 15) is 4.39 Å². The zero-order valence-corrected chi connectivity index (χ0v) is 13.5. The third-order valence-electron chi connectivity index (χ3n) is 2.94. The lowest BCUT2D eigenvalue weighted by Crippen LogP contribution is -2.18. The van der Waals surface area contributed by atoms with Crippen LogP contribution >= 0.6 is 11.3 Å². The van der Waals surface area contributed by atoms with Crippen molar-refractivity contribution >= 4 is 11.3 Å². The summed E-state index contributed by atoms with van der Waals surface area (Å²) in [5.74, 6) is 1.09. The second-order valence-corrected chi connectivity index (χ2v) is 6.40. The molecule has 0 spiro atoms. The van der Waals surface area contributed by atoms with Crippen LogP contribution in [-0.4, -0.2) is 11.5 Å². The summed E-state index contributed by atoms with van der Waals surface area (Å²) in [5, 5.41) is 6.43. The van der Waals surface area contributed by atoms with Crippen molar-refractivity contribution in [2.45, 2.75) is 33.9 Å². The van der Waals surface area contributed by atoms with Crippen molar-refractivity contribution in [3.63, 3.8) is 0 Å². The highest BCUT2D eigenvalue weighted by atomic mass is 32.1. The molecule has 1 aromatic carbocycles. The molecule has 0 radical (unpaired) electrons. The number of ether oxygens (including phenoxy) is 1. The first-order chi connectivity index (χ1) is 10.0. The van der Waals surface area contributed by atoms with Gasteiger partial charge in [-0.25, -0.2) is 9.37 Å². The van der Waals surface area contributed by atoms with Crippen LogP contribution < -0.4 is 10.1 Å². The van der Waals surface area contributed by atoms with Gasteiger partial charge in [-0.05, 0) is 43.1 Å². The third-order valence-corrected chi connectivity index (χ3v) is 3.84. The quantitative estimate of drug-likeness (QED) is 0.842. The van der Waals surface area contributed by atoms with Gasteiger partial charge in [0.2, 0.25) is 0 Å². The highest BCUT2D eigenvalue weighted by Gasteiger charge is 2.05. The lowest BCUT2D eigenvalue weighted by atomic mass is 10.2. The van der Waals surface area contributed by atoms with Crippen molar-refractivity contribution in [2.24, 2.45) is 5.92 Å². The van der Waals surface area contributed by atoms with E-state index >= 15 is 0 Å². The Kier molecular flexibility index (Phi) is 5.70. The number of aryl methyl sites for hydroxylation is 1. The minimum Gasteiger partial charge on any atom is -0.487 e. The van der Waals surface area contributed by atoms with Crippen molar-refractivity contribution < 1.29 is 9.13 Å². The first-order valence-corrected chi connectivity index (χ1v) is 7.95. The first kappa shape index (κ1) is 15.9. The fourth-order valence-electron chi connectivity index (χ4n) is 1.89. The Hall–Kier alpha value is -1.46. The van der Waals surface area contributed by atoms with Crippen LogP contribution in [0.3, 0.4) is 0 Å². The number of benzene rings is 1. The molecule has 2 aromatic rings. The van der Waals surface area contributed by atoms with Gasteiger partial charge < -0.3 is 10.1 Å². The molecule has 0 amide bonds. The summed E-state index contributed by atoms with van der Waals surface area (Å²) in [5.41, 5.74) is 1.70. The third kappa shape index (κ3) is 5.10. The number of nitrogens with zero attached hydrogens (tertiary/aromatic N) is 1. The highest BCUT2D eigenvalue weighted by molar-refractivity contribution is 7.09. The molecule has 21 heavy (non-hydrogen) atoms. The Morgan fingerprint density at radius 1 is 1.38 bits per heavy atom. The van der Waals surface area contributed by atoms with Crippen LogP contribution in [0, 0.1) is 18.7 Å². The molecule has 2 rings (SSSR count). The molecule has 0 bridgehead atoms. The molecule has 0 saturated heterocycles. The van der Waals surface area contributed by atoms with E-state index in [4.69, 9.17) is 4.74 Å². The zero-order valence-electron chi connectivity index (χ0n) is 12.6. The Balaban J connectivity index is 1.85. The monoisotopic (exact) mass is 308 g/mol. The van der Waals surface area contributed by atoms with E-state index in [1.807, 2.05) is 12.3 Å². The van der Waals surface area contributed by atoms with Crippen LogP contribution in [0.5, 0.6) is 5.75 Å². The van der Waals surface area contributed by atoms with Gasteiger partial charge in [0.05, 0.1) is 5.69 Å². The van der Waals surface area contributed by atoms with Gasteiger partial charge in [0.1, 0.15) is 23.2 Å². The molecule has 0 unspecified atom stereocenters. The van der Waals surface area contributed by atoms with Crippen molar-refractivity contribution in [1.82, 2.24) is 10.3 Å². The number of aromatic nitrogens is 1. The van der Waals surface area contributed by atoms with Gasteiger partial charge in [0.15, 0.2) is 0 Å². The summed E-state index contributed by atoms with van der Waals surface area (Å²) in [6, 6.07) is 4.53. The number of hydrogen-bond acceptors (Lipinski definition) is 4. The fourth-order valence-corrected chi connectivity index (χ4v) is 2.64. The summed E-state index contributed by atoms with van der Waals surface area (Å²) in [4.78, 5) is 4.53. The molecule has 1 N–H and O–H groups in total. The second-order valence-electron chi connectivity index (χ2n) is 5.46. The maximum Gasteiger partial charge on any atom is 0.131 e. The number of hydrogen-bond donors (Lipinski definition) is 1. The van der Waals surface area contributed by atoms with Crippen molar-refractivity contribution in [3.8, 4) is 5.75 Å². The molecule has 0 saturated carbocycles. The van der Waals surface area contributed by atoms with E-state index in [0.29, 0.717) is 18.3 Å². The van der Waals surface area contributed by atoms with Crippen molar-refractivity contribution in [1.29, 1.82) is 0 Å². The molecular weight excluding hydrogens is 287 g/mol. The van der Waals surface area contributed by atoms with Gasteiger partial charge in [-0.2, -0.15) is 0 Å². The predicted molar refractivity (Wildman–Crippen MR) is 84.1 cm³/mol. The molecule has 0 atom stereocenters. The lowest BCUT2D eigenvalue weighted by Gasteiger charge is -2.07. The van der Waals surface area contributed by atoms with Crippen molar-refractivity contribution in [3.05, 3.63) is 45.7 Å². The SMILES string of the molecule is Cc1cc(F)ccc1OCc1csc(CNCC(C)C)n1. The molecule has 114 valence electrons. The molecular formula is C16H21FN2OS. The second kappa shape index (κ2) is 7.52. The van der Waals surface area contributed by atoms with E-state index in [2.05, 4.69) is 24.1 Å². The van der Waals surface area contributed by atoms with Crippen LogP contribution in [0.25, 0.3) is 0 Å². The topological polar surface area (TPSA) is 34.1 Å². The summed E-state index contributed by atoms with van der Waals surface area (Å²) < 4.78 is 18.7. The molecule has 3 nitrogen and oxygen atoms in total. The largest absolute Gasteiger partial charge is 0.487 e. The molecule has 5 heteroatoms. The van der Waals surface area contributed by atoms with Crippen LogP contribution in [0.15, 0.2) is 23.6 Å². The number of nitrogens with one attached hydrogen (secondary N) is 1. The van der Waals surface area contributed by atoms with Crippen LogP contribution in [0.4, 0.5) is 4.39 Å². The van der Waals surface area contributed by atoms with Gasteiger partial charge >= 0.3 is 0 Å². The Morgan fingerprint density at radius 2 is 2.19 bits per heavy atom. The number of rotatable bonds is 7. The van der Waals surface area contributed by atoms with E-state index in [-0.39, 0.29) is 5.82 Å². The molecule has 0 aliphatic carbocycles. The van der Waals surface area contributed by atoms with Gasteiger partial charge in [0, 0.05) is 11.9 Å². The molecule has 1 aromatic heterocycles. The van der Waals surface area contributed by atoms with Crippen LogP contribution in [-0.2, 0) is 13.2 Å². The van der Waals surface area contributed by atoms with E-state index in [1.165, 1.54) is 12.1 Å². The van der Waals surface area contributed by atoms with Gasteiger partial charge in [-0.15, -0.1) is 11.3 Å². The van der Waals surface area contributed by atoms with E-state index in [1.54, 1.807) is 17.4 Å². The molecule has 0 aliphatic heterocycles. The summed E-state index contributed by atoms with van der Waals surface area (Å²) >= 11 is 1.63. The molecule has 0 fully saturated rings. The zero-order chi connectivity index (χ0) is 15.2.